The first-order valence-electron chi connectivity index (χ1n) is 10.1. The van der Waals surface area contributed by atoms with E-state index in [-0.39, 0.29) is 17.9 Å². The van der Waals surface area contributed by atoms with E-state index >= 15 is 0 Å². The largest absolute Gasteiger partial charge is 0.493 e. The van der Waals surface area contributed by atoms with Crippen LogP contribution in [0.4, 0.5) is 0 Å². The molecule has 0 amide bonds. The highest BCUT2D eigenvalue weighted by atomic mass is 16.5. The average Bonchev–Trinajstić information content (AvgIpc) is 3.49. The summed E-state index contributed by atoms with van der Waals surface area (Å²) in [6.45, 7) is 2.48. The van der Waals surface area contributed by atoms with Crippen LogP contribution in [-0.2, 0) is 4.79 Å². The zero-order valence-corrected chi connectivity index (χ0v) is 16.2. The SMILES string of the molecule is C[C@H](C(=O)O)C(c1cccc(OCC2CC(Oc3ccccn3)C2)c1)C1CC1. The molecule has 1 N–H and O–H groups in total. The first-order chi connectivity index (χ1) is 13.6. The minimum Gasteiger partial charge on any atom is -0.493 e. The number of nitrogens with zero attached hydrogens (tertiary/aromatic N) is 1. The number of aliphatic carboxylic acids is 1. The van der Waals surface area contributed by atoms with Crippen LogP contribution in [0.5, 0.6) is 11.6 Å². The van der Waals surface area contributed by atoms with Crippen LogP contribution in [0.15, 0.2) is 48.7 Å². The monoisotopic (exact) mass is 381 g/mol. The maximum absolute atomic E-state index is 11.5. The molecule has 148 valence electrons. The summed E-state index contributed by atoms with van der Waals surface area (Å²) in [5.41, 5.74) is 1.08. The Morgan fingerprint density at radius 3 is 2.71 bits per heavy atom. The number of carboxylic acids is 1. The Balaban J connectivity index is 1.29. The topological polar surface area (TPSA) is 68.7 Å². The van der Waals surface area contributed by atoms with E-state index in [9.17, 15) is 9.90 Å². The molecular formula is C23H27NO4. The summed E-state index contributed by atoms with van der Waals surface area (Å²) in [5, 5.41) is 9.46. The van der Waals surface area contributed by atoms with E-state index in [2.05, 4.69) is 4.98 Å². The van der Waals surface area contributed by atoms with Crippen LogP contribution in [0.2, 0.25) is 0 Å². The second-order valence-corrected chi connectivity index (χ2v) is 8.12. The van der Waals surface area contributed by atoms with E-state index in [1.54, 1.807) is 6.20 Å². The van der Waals surface area contributed by atoms with Crippen molar-refractivity contribution >= 4 is 5.97 Å². The van der Waals surface area contributed by atoms with E-state index in [1.807, 2.05) is 49.4 Å². The highest BCUT2D eigenvalue weighted by molar-refractivity contribution is 5.71. The smallest absolute Gasteiger partial charge is 0.306 e. The van der Waals surface area contributed by atoms with E-state index in [1.165, 1.54) is 0 Å². The van der Waals surface area contributed by atoms with Gasteiger partial charge in [-0.2, -0.15) is 0 Å². The Labute approximate surface area is 165 Å². The van der Waals surface area contributed by atoms with Crippen LogP contribution in [0.3, 0.4) is 0 Å². The lowest BCUT2D eigenvalue weighted by molar-refractivity contribution is -0.142. The summed E-state index contributed by atoms with van der Waals surface area (Å²) < 4.78 is 11.9. The number of hydrogen-bond acceptors (Lipinski definition) is 4. The fourth-order valence-electron chi connectivity index (χ4n) is 4.10. The number of hydrogen-bond donors (Lipinski definition) is 1. The third-order valence-corrected chi connectivity index (χ3v) is 5.90. The van der Waals surface area contributed by atoms with Crippen molar-refractivity contribution in [3.05, 3.63) is 54.2 Å². The molecule has 2 aromatic rings. The Morgan fingerprint density at radius 1 is 1.21 bits per heavy atom. The third kappa shape index (κ3) is 4.46. The fourth-order valence-corrected chi connectivity index (χ4v) is 4.10. The third-order valence-electron chi connectivity index (χ3n) is 5.90. The summed E-state index contributed by atoms with van der Waals surface area (Å²) >= 11 is 0. The van der Waals surface area contributed by atoms with Crippen molar-refractivity contribution in [2.24, 2.45) is 17.8 Å². The molecule has 5 heteroatoms. The molecule has 0 aliphatic heterocycles. The Kier molecular flexibility index (Phi) is 5.51. The first kappa shape index (κ1) is 18.8. The van der Waals surface area contributed by atoms with Gasteiger partial charge in [-0.3, -0.25) is 4.79 Å². The molecule has 2 saturated carbocycles. The van der Waals surface area contributed by atoms with Gasteiger partial charge in [-0.1, -0.05) is 25.1 Å². The summed E-state index contributed by atoms with van der Waals surface area (Å²) in [5.74, 6) is 1.44. The van der Waals surface area contributed by atoms with E-state index in [0.29, 0.717) is 24.3 Å². The predicted molar refractivity (Wildman–Crippen MR) is 106 cm³/mol. The van der Waals surface area contributed by atoms with Crippen molar-refractivity contribution in [3.8, 4) is 11.6 Å². The maximum Gasteiger partial charge on any atom is 0.306 e. The number of benzene rings is 1. The van der Waals surface area contributed by atoms with Gasteiger partial charge in [0.25, 0.3) is 0 Å². The fraction of sp³-hybridized carbons (Fsp3) is 0.478. The van der Waals surface area contributed by atoms with Crippen LogP contribution in [-0.4, -0.2) is 28.8 Å². The lowest BCUT2D eigenvalue weighted by atomic mass is 9.82. The quantitative estimate of drug-likeness (QED) is 0.691. The number of rotatable bonds is 9. The van der Waals surface area contributed by atoms with E-state index < -0.39 is 5.97 Å². The van der Waals surface area contributed by atoms with Crippen molar-refractivity contribution in [1.82, 2.24) is 4.98 Å². The second kappa shape index (κ2) is 8.21. The van der Waals surface area contributed by atoms with Gasteiger partial charge in [0.2, 0.25) is 5.88 Å². The van der Waals surface area contributed by atoms with Gasteiger partial charge in [0.05, 0.1) is 12.5 Å². The molecule has 2 aliphatic carbocycles. The molecule has 1 aromatic carbocycles. The van der Waals surface area contributed by atoms with Gasteiger partial charge in [-0.05, 0) is 67.2 Å². The lowest BCUT2D eigenvalue weighted by Gasteiger charge is -2.34. The van der Waals surface area contributed by atoms with Gasteiger partial charge in [-0.25, -0.2) is 4.98 Å². The molecule has 0 radical (unpaired) electrons. The van der Waals surface area contributed by atoms with Crippen molar-refractivity contribution < 1.29 is 19.4 Å². The highest BCUT2D eigenvalue weighted by Gasteiger charge is 2.38. The van der Waals surface area contributed by atoms with Crippen molar-refractivity contribution in [1.29, 1.82) is 0 Å². The molecule has 2 aliphatic rings. The van der Waals surface area contributed by atoms with Crippen LogP contribution >= 0.6 is 0 Å². The van der Waals surface area contributed by atoms with Gasteiger partial charge in [0.15, 0.2) is 0 Å². The number of pyridine rings is 1. The van der Waals surface area contributed by atoms with Crippen molar-refractivity contribution in [3.63, 3.8) is 0 Å². The first-order valence-corrected chi connectivity index (χ1v) is 10.1. The highest BCUT2D eigenvalue weighted by Crippen LogP contribution is 2.47. The lowest BCUT2D eigenvalue weighted by Crippen LogP contribution is -2.37. The zero-order valence-electron chi connectivity index (χ0n) is 16.2. The molecule has 0 saturated heterocycles. The van der Waals surface area contributed by atoms with Crippen molar-refractivity contribution in [2.75, 3.05) is 6.61 Å². The minimum absolute atomic E-state index is 0.0703. The van der Waals surface area contributed by atoms with Gasteiger partial charge in [-0.15, -0.1) is 0 Å². The molecule has 2 atom stereocenters. The summed E-state index contributed by atoms with van der Waals surface area (Å²) in [7, 11) is 0. The van der Waals surface area contributed by atoms with Gasteiger partial charge in [0.1, 0.15) is 11.9 Å². The Hall–Kier alpha value is -2.56. The average molecular weight is 381 g/mol. The Bertz CT molecular complexity index is 799. The summed E-state index contributed by atoms with van der Waals surface area (Å²) in [6.07, 6.45) is 6.13. The molecule has 28 heavy (non-hydrogen) atoms. The molecular weight excluding hydrogens is 354 g/mol. The molecule has 4 rings (SSSR count). The number of carbonyl (C=O) groups is 1. The molecule has 1 aromatic heterocycles. The number of aromatic nitrogens is 1. The predicted octanol–water partition coefficient (Wildman–Crippen LogP) is 4.53. The standard InChI is InChI=1S/C23H27NO4/c1-15(23(25)26)22(17-8-9-17)18-5-4-6-19(13-18)27-14-16-11-20(12-16)28-21-7-2-3-10-24-21/h2-7,10,13,15-17,20,22H,8-9,11-12,14H2,1H3,(H,25,26)/t15-,16?,20?,22?/m0/s1. The van der Waals surface area contributed by atoms with Gasteiger partial charge >= 0.3 is 5.97 Å². The molecule has 0 bridgehead atoms. The maximum atomic E-state index is 11.5. The number of ether oxygens (including phenoxy) is 2. The molecule has 1 heterocycles. The normalized spacial score (nSPS) is 23.3. The van der Waals surface area contributed by atoms with Crippen LogP contribution in [0.1, 0.15) is 44.1 Å². The molecule has 5 nitrogen and oxygen atoms in total. The molecule has 2 fully saturated rings. The zero-order chi connectivity index (χ0) is 19.5. The molecule has 1 unspecified atom stereocenters. The summed E-state index contributed by atoms with van der Waals surface area (Å²) in [6, 6.07) is 13.7. The van der Waals surface area contributed by atoms with Crippen LogP contribution in [0.25, 0.3) is 0 Å². The van der Waals surface area contributed by atoms with Crippen molar-refractivity contribution in [2.45, 2.75) is 44.6 Å². The van der Waals surface area contributed by atoms with E-state index in [0.717, 1.165) is 37.0 Å². The Morgan fingerprint density at radius 2 is 2.04 bits per heavy atom. The van der Waals surface area contributed by atoms with Gasteiger partial charge < -0.3 is 14.6 Å². The van der Waals surface area contributed by atoms with Gasteiger partial charge in [0, 0.05) is 12.3 Å². The number of carboxylic acid groups (broad SMARTS) is 1. The van der Waals surface area contributed by atoms with E-state index in [4.69, 9.17) is 9.47 Å². The van der Waals surface area contributed by atoms with Crippen LogP contribution in [0, 0.1) is 17.8 Å². The minimum atomic E-state index is -0.725. The second-order valence-electron chi connectivity index (χ2n) is 8.12. The van der Waals surface area contributed by atoms with Crippen LogP contribution < -0.4 is 9.47 Å². The molecule has 0 spiro atoms. The summed E-state index contributed by atoms with van der Waals surface area (Å²) in [4.78, 5) is 15.7.